The number of aryl methyl sites for hydroxylation is 1. The van der Waals surface area contributed by atoms with E-state index in [0.29, 0.717) is 15.5 Å². The number of halogens is 5. The fourth-order valence-electron chi connectivity index (χ4n) is 2.67. The summed E-state index contributed by atoms with van der Waals surface area (Å²) in [5.74, 6) is 0. The highest BCUT2D eigenvalue weighted by atomic mass is 79.9. The molecule has 3 aromatic rings. The monoisotopic (exact) mass is 459 g/mol. The number of nitrogens with zero attached hydrogens (tertiary/aromatic N) is 3. The Morgan fingerprint density at radius 1 is 1.31 bits per heavy atom. The Kier molecular flexibility index (Phi) is 5.15. The summed E-state index contributed by atoms with van der Waals surface area (Å²) in [4.78, 5) is 4.76. The number of thiazole rings is 1. The molecule has 3 nitrogen and oxygen atoms in total. The average molecular weight is 461 g/mol. The number of aromatic nitrogens is 2. The van der Waals surface area contributed by atoms with Gasteiger partial charge in [0.1, 0.15) is 11.8 Å². The molecule has 0 atom stereocenters. The van der Waals surface area contributed by atoms with E-state index in [1.165, 1.54) is 11.3 Å². The molecule has 0 aliphatic carbocycles. The second kappa shape index (κ2) is 7.06. The van der Waals surface area contributed by atoms with E-state index in [4.69, 9.17) is 11.6 Å². The van der Waals surface area contributed by atoms with E-state index in [2.05, 4.69) is 20.9 Å². The van der Waals surface area contributed by atoms with Gasteiger partial charge in [-0.25, -0.2) is 4.98 Å². The van der Waals surface area contributed by atoms with Gasteiger partial charge in [-0.1, -0.05) is 23.7 Å². The lowest BCUT2D eigenvalue weighted by molar-refractivity contribution is -0.143. The number of rotatable bonds is 3. The molecule has 0 saturated carbocycles. The van der Waals surface area contributed by atoms with Crippen LogP contribution < -0.4 is 0 Å². The van der Waals surface area contributed by atoms with Crippen molar-refractivity contribution in [1.82, 2.24) is 9.55 Å². The lowest BCUT2D eigenvalue weighted by atomic mass is 10.1. The summed E-state index contributed by atoms with van der Waals surface area (Å²) in [5, 5.41) is 10.7. The molecule has 2 aromatic heterocycles. The summed E-state index contributed by atoms with van der Waals surface area (Å²) >= 11 is 10.2. The van der Waals surface area contributed by atoms with Gasteiger partial charge in [-0.05, 0) is 40.5 Å². The first kappa shape index (κ1) is 19.0. The number of alkyl halides is 3. The van der Waals surface area contributed by atoms with Crippen molar-refractivity contribution in [2.75, 3.05) is 0 Å². The SMILES string of the molecule is Cc1ncc(Cn2c(-c3ccc(Cl)cc3)c(C#N)c(Br)c2C(F)(F)F)s1. The summed E-state index contributed by atoms with van der Waals surface area (Å²) in [6.07, 6.45) is -3.08. The van der Waals surface area contributed by atoms with Crippen LogP contribution in [-0.2, 0) is 12.7 Å². The second-order valence-electron chi connectivity index (χ2n) is 5.43. The molecule has 0 spiro atoms. The van der Waals surface area contributed by atoms with Crippen LogP contribution in [0, 0.1) is 18.3 Å². The second-order valence-corrected chi connectivity index (χ2v) is 7.98. The minimum Gasteiger partial charge on any atom is -0.330 e. The number of hydrogen-bond acceptors (Lipinski definition) is 3. The van der Waals surface area contributed by atoms with Crippen molar-refractivity contribution in [1.29, 1.82) is 5.26 Å². The molecule has 9 heteroatoms. The third-order valence-corrected chi connectivity index (χ3v) is 5.61. The van der Waals surface area contributed by atoms with Crippen LogP contribution in [0.2, 0.25) is 5.02 Å². The highest BCUT2D eigenvalue weighted by Crippen LogP contribution is 2.43. The van der Waals surface area contributed by atoms with Gasteiger partial charge in [-0.3, -0.25) is 0 Å². The summed E-state index contributed by atoms with van der Waals surface area (Å²) in [7, 11) is 0. The molecule has 0 unspecified atom stereocenters. The number of benzene rings is 1. The number of hydrogen-bond donors (Lipinski definition) is 0. The smallest absolute Gasteiger partial charge is 0.330 e. The predicted molar refractivity (Wildman–Crippen MR) is 98.2 cm³/mol. The largest absolute Gasteiger partial charge is 0.432 e. The molecule has 1 aromatic carbocycles. The zero-order valence-corrected chi connectivity index (χ0v) is 16.4. The maximum absolute atomic E-state index is 13.7. The molecule has 2 heterocycles. The van der Waals surface area contributed by atoms with Crippen LogP contribution >= 0.6 is 38.9 Å². The van der Waals surface area contributed by atoms with Crippen LogP contribution in [0.1, 0.15) is 21.1 Å². The van der Waals surface area contributed by atoms with Gasteiger partial charge in [-0.2, -0.15) is 18.4 Å². The summed E-state index contributed by atoms with van der Waals surface area (Å²) in [5.41, 5.74) is -0.302. The van der Waals surface area contributed by atoms with Crippen molar-refractivity contribution in [2.24, 2.45) is 0 Å². The van der Waals surface area contributed by atoms with Gasteiger partial charge in [0.25, 0.3) is 0 Å². The third kappa shape index (κ3) is 3.52. The van der Waals surface area contributed by atoms with Crippen LogP contribution in [-0.4, -0.2) is 9.55 Å². The van der Waals surface area contributed by atoms with Gasteiger partial charge >= 0.3 is 6.18 Å². The van der Waals surface area contributed by atoms with Gasteiger partial charge in [0.05, 0.1) is 27.3 Å². The fourth-order valence-corrected chi connectivity index (χ4v) is 4.29. The van der Waals surface area contributed by atoms with Gasteiger partial charge in [-0.15, -0.1) is 11.3 Å². The van der Waals surface area contributed by atoms with Crippen LogP contribution in [0.5, 0.6) is 0 Å². The Labute approximate surface area is 164 Å². The van der Waals surface area contributed by atoms with Gasteiger partial charge in [0.15, 0.2) is 0 Å². The Hall–Kier alpha value is -1.82. The molecule has 26 heavy (non-hydrogen) atoms. The van der Waals surface area contributed by atoms with Crippen molar-refractivity contribution >= 4 is 38.9 Å². The van der Waals surface area contributed by atoms with E-state index in [1.807, 2.05) is 6.07 Å². The van der Waals surface area contributed by atoms with Crippen LogP contribution in [0.15, 0.2) is 34.9 Å². The minimum atomic E-state index is -4.63. The molecule has 0 saturated heterocycles. The first-order valence-corrected chi connectivity index (χ1v) is 9.27. The first-order valence-electron chi connectivity index (χ1n) is 7.29. The van der Waals surface area contributed by atoms with Crippen LogP contribution in [0.4, 0.5) is 13.2 Å². The molecule has 0 radical (unpaired) electrons. The lowest BCUT2D eigenvalue weighted by Crippen LogP contribution is -2.15. The molecular weight excluding hydrogens is 451 g/mol. The molecule has 0 amide bonds. The van der Waals surface area contributed by atoms with Crippen LogP contribution in [0.3, 0.4) is 0 Å². The predicted octanol–water partition coefficient (Wildman–Crippen LogP) is 6.27. The Bertz CT molecular complexity index is 1000. The maximum Gasteiger partial charge on any atom is 0.432 e. The third-order valence-electron chi connectivity index (χ3n) is 3.69. The standard InChI is InChI=1S/C17H10BrClF3N3S/c1-9-24-7-12(26-9)8-25-15(10-2-4-11(19)5-3-10)13(6-23)14(18)16(25)17(20,21)22/h2-5,7H,8H2,1H3. The van der Waals surface area contributed by atoms with Gasteiger partial charge in [0.2, 0.25) is 0 Å². The Morgan fingerprint density at radius 2 is 1.96 bits per heavy atom. The summed E-state index contributed by atoms with van der Waals surface area (Å²) < 4.78 is 42.0. The molecular formula is C17H10BrClF3N3S. The minimum absolute atomic E-state index is 0.0431. The van der Waals surface area contributed by atoms with Crippen molar-refractivity contribution < 1.29 is 13.2 Å². The first-order chi connectivity index (χ1) is 12.2. The Morgan fingerprint density at radius 3 is 2.46 bits per heavy atom. The maximum atomic E-state index is 13.7. The van der Waals surface area contributed by atoms with E-state index in [-0.39, 0.29) is 22.3 Å². The molecule has 0 N–H and O–H groups in total. The van der Waals surface area contributed by atoms with Crippen molar-refractivity contribution in [3.05, 3.63) is 61.1 Å². The zero-order chi connectivity index (χ0) is 19.1. The van der Waals surface area contributed by atoms with Crippen LogP contribution in [0.25, 0.3) is 11.3 Å². The zero-order valence-electron chi connectivity index (χ0n) is 13.2. The topological polar surface area (TPSA) is 41.6 Å². The molecule has 3 rings (SSSR count). The van der Waals surface area contributed by atoms with Crippen molar-refractivity contribution in [3.63, 3.8) is 0 Å². The average Bonchev–Trinajstić information content (AvgIpc) is 3.08. The highest BCUT2D eigenvalue weighted by Gasteiger charge is 2.40. The normalized spacial score (nSPS) is 11.6. The number of nitriles is 1. The molecule has 134 valence electrons. The summed E-state index contributed by atoms with van der Waals surface area (Å²) in [6.45, 7) is 1.74. The highest BCUT2D eigenvalue weighted by molar-refractivity contribution is 9.10. The molecule has 0 bridgehead atoms. The van der Waals surface area contributed by atoms with E-state index in [0.717, 1.165) is 9.57 Å². The van der Waals surface area contributed by atoms with E-state index < -0.39 is 11.9 Å². The molecule has 0 fully saturated rings. The molecule has 0 aliphatic rings. The lowest BCUT2D eigenvalue weighted by Gasteiger charge is -2.15. The quantitative estimate of drug-likeness (QED) is 0.462. The van der Waals surface area contributed by atoms with E-state index in [1.54, 1.807) is 37.4 Å². The van der Waals surface area contributed by atoms with E-state index >= 15 is 0 Å². The van der Waals surface area contributed by atoms with Gasteiger partial charge < -0.3 is 4.57 Å². The van der Waals surface area contributed by atoms with Crippen molar-refractivity contribution in [2.45, 2.75) is 19.6 Å². The van der Waals surface area contributed by atoms with Gasteiger partial charge in [0, 0.05) is 16.1 Å². The Balaban J connectivity index is 2.30. The summed E-state index contributed by atoms with van der Waals surface area (Å²) in [6, 6.07) is 8.23. The van der Waals surface area contributed by atoms with E-state index in [9.17, 15) is 18.4 Å². The molecule has 0 aliphatic heterocycles. The van der Waals surface area contributed by atoms with Crippen molar-refractivity contribution in [3.8, 4) is 17.3 Å². The fraction of sp³-hybridized carbons (Fsp3) is 0.176.